The number of rotatable bonds is 3. The maximum Gasteiger partial charge on any atom is 0.300 e. The first-order valence-corrected chi connectivity index (χ1v) is 9.04. The van der Waals surface area contributed by atoms with Gasteiger partial charge in [-0.3, -0.25) is 9.48 Å². The number of aryl methyl sites for hydroxylation is 2. The molecule has 0 saturated carbocycles. The molecule has 0 radical (unpaired) electrons. The van der Waals surface area contributed by atoms with Gasteiger partial charge in [0.15, 0.2) is 10.5 Å². The van der Waals surface area contributed by atoms with Gasteiger partial charge in [-0.2, -0.15) is 10.1 Å². The summed E-state index contributed by atoms with van der Waals surface area (Å²) in [4.78, 5) is 17.5. The molecule has 0 aliphatic carbocycles. The molecule has 2 aromatic heterocycles. The molecule has 0 N–H and O–H groups in total. The van der Waals surface area contributed by atoms with Crippen LogP contribution in [0, 0.1) is 6.92 Å². The van der Waals surface area contributed by atoms with Gasteiger partial charge in [-0.15, -0.1) is 0 Å². The Morgan fingerprint density at radius 1 is 1.38 bits per heavy atom. The summed E-state index contributed by atoms with van der Waals surface area (Å²) < 4.78 is 4.86. The van der Waals surface area contributed by atoms with Crippen molar-refractivity contribution in [3.63, 3.8) is 0 Å². The lowest BCUT2D eigenvalue weighted by Gasteiger charge is -2.06. The van der Waals surface area contributed by atoms with Crippen LogP contribution in [-0.4, -0.2) is 20.3 Å². The predicted molar refractivity (Wildman–Crippen MR) is 97.7 cm³/mol. The van der Waals surface area contributed by atoms with Gasteiger partial charge in [0, 0.05) is 23.3 Å². The van der Waals surface area contributed by atoms with E-state index in [4.69, 9.17) is 11.6 Å². The molecule has 0 atom stereocenters. The summed E-state index contributed by atoms with van der Waals surface area (Å²) in [6, 6.07) is 7.70. The fraction of sp³-hybridized carbons (Fsp3) is 0.353. The largest absolute Gasteiger partial charge is 0.317 e. The van der Waals surface area contributed by atoms with E-state index < -0.39 is 0 Å². The molecule has 7 heteroatoms. The lowest BCUT2D eigenvalue weighted by molar-refractivity contribution is 0.0992. The molecule has 0 aliphatic rings. The van der Waals surface area contributed by atoms with Crippen LogP contribution in [0.25, 0.3) is 10.2 Å². The van der Waals surface area contributed by atoms with Crippen molar-refractivity contribution in [2.24, 2.45) is 4.99 Å². The van der Waals surface area contributed by atoms with Crippen LogP contribution in [0.15, 0.2) is 29.3 Å². The Hall–Kier alpha value is -1.92. The van der Waals surface area contributed by atoms with Crippen LogP contribution in [0.2, 0.25) is 5.02 Å². The summed E-state index contributed by atoms with van der Waals surface area (Å²) in [7, 11) is 0. The average molecular weight is 363 g/mol. The molecule has 2 heterocycles. The Kier molecular flexibility index (Phi) is 4.60. The number of halogens is 1. The number of fused-ring (bicyclic) bond motifs is 1. The third kappa shape index (κ3) is 3.03. The Balaban J connectivity index is 2.09. The van der Waals surface area contributed by atoms with Crippen LogP contribution < -0.4 is 4.80 Å². The van der Waals surface area contributed by atoms with Gasteiger partial charge < -0.3 is 4.57 Å². The van der Waals surface area contributed by atoms with E-state index in [9.17, 15) is 4.79 Å². The van der Waals surface area contributed by atoms with Crippen molar-refractivity contribution in [3.05, 3.63) is 45.5 Å². The first kappa shape index (κ1) is 16.9. The molecule has 5 nitrogen and oxygen atoms in total. The monoisotopic (exact) mass is 362 g/mol. The summed E-state index contributed by atoms with van der Waals surface area (Å²) in [6.07, 6.45) is 0. The van der Waals surface area contributed by atoms with E-state index >= 15 is 0 Å². The molecule has 126 valence electrons. The molecule has 1 aromatic carbocycles. The van der Waals surface area contributed by atoms with Gasteiger partial charge in [0.05, 0.1) is 10.2 Å². The van der Waals surface area contributed by atoms with Crippen molar-refractivity contribution in [3.8, 4) is 0 Å². The van der Waals surface area contributed by atoms with E-state index in [-0.39, 0.29) is 11.9 Å². The van der Waals surface area contributed by atoms with E-state index in [0.717, 1.165) is 22.5 Å². The molecular weight excluding hydrogens is 344 g/mol. The zero-order valence-electron chi connectivity index (χ0n) is 14.1. The van der Waals surface area contributed by atoms with Crippen LogP contribution >= 0.6 is 22.9 Å². The summed E-state index contributed by atoms with van der Waals surface area (Å²) in [5.74, 6) is -0.322. The molecule has 24 heavy (non-hydrogen) atoms. The van der Waals surface area contributed by atoms with Crippen LogP contribution in [0.1, 0.15) is 43.0 Å². The Morgan fingerprint density at radius 2 is 2.12 bits per heavy atom. The predicted octanol–water partition coefficient (Wildman–Crippen LogP) is 4.20. The van der Waals surface area contributed by atoms with E-state index in [2.05, 4.69) is 10.1 Å². The number of benzene rings is 1. The first-order chi connectivity index (χ1) is 11.4. The molecule has 0 spiro atoms. The zero-order chi connectivity index (χ0) is 17.4. The second-order valence-corrected chi connectivity index (χ2v) is 7.31. The van der Waals surface area contributed by atoms with Crippen molar-refractivity contribution in [1.82, 2.24) is 14.3 Å². The number of thiazole rings is 1. The molecule has 0 aliphatic heterocycles. The summed E-state index contributed by atoms with van der Waals surface area (Å²) in [5.41, 5.74) is 2.36. The highest BCUT2D eigenvalue weighted by Crippen LogP contribution is 2.22. The van der Waals surface area contributed by atoms with Gasteiger partial charge in [0.2, 0.25) is 0 Å². The van der Waals surface area contributed by atoms with Gasteiger partial charge in [-0.25, -0.2) is 0 Å². The number of amides is 1. The third-order valence-electron chi connectivity index (χ3n) is 3.79. The van der Waals surface area contributed by atoms with Crippen molar-refractivity contribution < 1.29 is 4.79 Å². The second-order valence-electron chi connectivity index (χ2n) is 5.87. The van der Waals surface area contributed by atoms with Gasteiger partial charge in [-0.05, 0) is 52.0 Å². The highest BCUT2D eigenvalue weighted by molar-refractivity contribution is 7.16. The second kappa shape index (κ2) is 6.53. The lowest BCUT2D eigenvalue weighted by Crippen LogP contribution is -2.16. The minimum atomic E-state index is -0.322. The molecule has 3 rings (SSSR count). The van der Waals surface area contributed by atoms with Crippen LogP contribution in [0.4, 0.5) is 0 Å². The molecule has 0 fully saturated rings. The van der Waals surface area contributed by atoms with Crippen molar-refractivity contribution in [1.29, 1.82) is 0 Å². The first-order valence-electron chi connectivity index (χ1n) is 7.84. The number of carbonyl (C=O) groups excluding carboxylic acids is 1. The van der Waals surface area contributed by atoms with Gasteiger partial charge in [-0.1, -0.05) is 22.9 Å². The average Bonchev–Trinajstić information content (AvgIpc) is 3.06. The minimum Gasteiger partial charge on any atom is -0.317 e. The van der Waals surface area contributed by atoms with E-state index in [1.54, 1.807) is 6.07 Å². The zero-order valence-corrected chi connectivity index (χ0v) is 15.6. The maximum atomic E-state index is 12.5. The Morgan fingerprint density at radius 3 is 2.75 bits per heavy atom. The number of hydrogen-bond acceptors (Lipinski definition) is 3. The fourth-order valence-electron chi connectivity index (χ4n) is 2.70. The number of aromatic nitrogens is 3. The number of hydrogen-bond donors (Lipinski definition) is 0. The summed E-state index contributed by atoms with van der Waals surface area (Å²) in [5, 5.41) is 5.05. The normalized spacial score (nSPS) is 12.5. The SMILES string of the molecule is CCn1c(=NC(=O)c2cc(C)n(C(C)C)n2)sc2cc(Cl)ccc21. The molecule has 0 unspecified atom stereocenters. The quantitative estimate of drug-likeness (QED) is 0.701. The van der Waals surface area contributed by atoms with Gasteiger partial charge >= 0.3 is 0 Å². The summed E-state index contributed by atoms with van der Waals surface area (Å²) in [6.45, 7) is 8.77. The summed E-state index contributed by atoms with van der Waals surface area (Å²) >= 11 is 7.52. The molecule has 0 saturated heterocycles. The van der Waals surface area contributed by atoms with Gasteiger partial charge in [0.1, 0.15) is 0 Å². The highest BCUT2D eigenvalue weighted by atomic mass is 35.5. The van der Waals surface area contributed by atoms with Crippen molar-refractivity contribution in [2.75, 3.05) is 0 Å². The van der Waals surface area contributed by atoms with Crippen molar-refractivity contribution >= 4 is 39.1 Å². The molecule has 0 bridgehead atoms. The molecule has 1 amide bonds. The lowest BCUT2D eigenvalue weighted by atomic mass is 10.3. The van der Waals surface area contributed by atoms with Crippen LogP contribution in [0.5, 0.6) is 0 Å². The minimum absolute atomic E-state index is 0.207. The number of nitrogens with zero attached hydrogens (tertiary/aromatic N) is 4. The van der Waals surface area contributed by atoms with Crippen molar-refractivity contribution in [2.45, 2.75) is 40.3 Å². The molecule has 3 aromatic rings. The third-order valence-corrected chi connectivity index (χ3v) is 5.07. The van der Waals surface area contributed by atoms with Gasteiger partial charge in [0.25, 0.3) is 5.91 Å². The van der Waals surface area contributed by atoms with E-state index in [1.165, 1.54) is 11.3 Å². The highest BCUT2D eigenvalue weighted by Gasteiger charge is 2.14. The topological polar surface area (TPSA) is 52.2 Å². The van der Waals surface area contributed by atoms with Crippen LogP contribution in [0.3, 0.4) is 0 Å². The maximum absolute atomic E-state index is 12.5. The Labute approximate surface area is 149 Å². The number of carbonyl (C=O) groups is 1. The Bertz CT molecular complexity index is 980. The van der Waals surface area contributed by atoms with E-state index in [1.807, 2.05) is 55.1 Å². The van der Waals surface area contributed by atoms with E-state index in [0.29, 0.717) is 15.5 Å². The standard InChI is InChI=1S/C17H19ClN4OS/c1-5-21-14-7-6-12(18)9-15(14)24-17(21)19-16(23)13-8-11(4)22(20-13)10(2)3/h6-10H,5H2,1-4H3. The van der Waals surface area contributed by atoms with Crippen LogP contribution in [-0.2, 0) is 6.54 Å². The molecular formula is C17H19ClN4OS. The fourth-order valence-corrected chi connectivity index (χ4v) is 4.07. The smallest absolute Gasteiger partial charge is 0.300 e.